The zero-order valence-corrected chi connectivity index (χ0v) is 34.1. The Bertz CT molecular complexity index is 2240. The lowest BCUT2D eigenvalue weighted by Gasteiger charge is -2.42. The Kier molecular flexibility index (Phi) is 12.8. The van der Waals surface area contributed by atoms with Crippen molar-refractivity contribution in [3.05, 3.63) is 77.9 Å². The number of benzene rings is 2. The van der Waals surface area contributed by atoms with Crippen molar-refractivity contribution in [2.24, 2.45) is 14.1 Å². The first-order chi connectivity index (χ1) is 28.9. The minimum Gasteiger partial charge on any atom is -0.493 e. The van der Waals surface area contributed by atoms with Gasteiger partial charge in [0.1, 0.15) is 11.4 Å². The van der Waals surface area contributed by atoms with Crippen LogP contribution in [0.1, 0.15) is 82.7 Å². The molecule has 17 heteroatoms. The topological polar surface area (TPSA) is 192 Å². The number of methoxy groups -OCH3 is 2. The zero-order valence-electron chi connectivity index (χ0n) is 34.1. The normalized spacial score (nSPS) is 18.8. The average Bonchev–Trinajstić information content (AvgIpc) is 3.80. The van der Waals surface area contributed by atoms with E-state index < -0.39 is 30.6 Å². The van der Waals surface area contributed by atoms with E-state index in [0.717, 1.165) is 41.7 Å². The van der Waals surface area contributed by atoms with Gasteiger partial charge in [-0.05, 0) is 80.8 Å². The number of carbonyl (C=O) groups excluding carboxylic acids is 4. The second-order valence-corrected chi connectivity index (χ2v) is 15.0. The molecule has 2 aromatic heterocycles. The minimum atomic E-state index is -1.28. The summed E-state index contributed by atoms with van der Waals surface area (Å²) in [6.45, 7) is 1.06. The molecule has 2 saturated heterocycles. The van der Waals surface area contributed by atoms with Gasteiger partial charge in [0, 0.05) is 63.4 Å². The summed E-state index contributed by atoms with van der Waals surface area (Å²) in [5.74, 6) is -0.964. The van der Waals surface area contributed by atoms with Gasteiger partial charge in [0.25, 0.3) is 11.8 Å². The lowest BCUT2D eigenvalue weighted by molar-refractivity contribution is -0.198. The molecule has 318 valence electrons. The Morgan fingerprint density at radius 2 is 1.62 bits per heavy atom. The molecule has 4 amide bonds. The number of aromatic nitrogens is 2. The van der Waals surface area contributed by atoms with Crippen LogP contribution in [0.5, 0.6) is 11.5 Å². The fraction of sp³-hybridized carbons (Fsp3) is 0.419. The minimum absolute atomic E-state index is 0.0755. The van der Waals surface area contributed by atoms with Crippen molar-refractivity contribution in [2.45, 2.75) is 69.9 Å². The Morgan fingerprint density at radius 3 is 2.33 bits per heavy atom. The van der Waals surface area contributed by atoms with E-state index in [-0.39, 0.29) is 59.9 Å². The van der Waals surface area contributed by atoms with Crippen LogP contribution in [0.25, 0.3) is 11.1 Å². The van der Waals surface area contributed by atoms with Crippen molar-refractivity contribution in [3.8, 4) is 22.6 Å². The van der Waals surface area contributed by atoms with Crippen LogP contribution in [-0.4, -0.2) is 101 Å². The summed E-state index contributed by atoms with van der Waals surface area (Å²) in [7, 11) is 6.23. The second-order valence-electron chi connectivity index (χ2n) is 15.0. The predicted molar refractivity (Wildman–Crippen MR) is 220 cm³/mol. The van der Waals surface area contributed by atoms with E-state index in [4.69, 9.17) is 23.7 Å². The number of esters is 1. The predicted octanol–water partition coefficient (Wildman–Crippen LogP) is 6.24. The lowest BCUT2D eigenvalue weighted by Crippen LogP contribution is -2.57. The summed E-state index contributed by atoms with van der Waals surface area (Å²) in [6, 6.07) is 13.0. The molecular formula is C43H50N6O11. The number of ether oxygens (including phenoxy) is 5. The number of hydrogen-bond acceptors (Lipinski definition) is 10. The SMILES string of the molecule is COC(=O)c1cc(-c2ccc(NC(=O)c3cc(NC(=O)CCCOc4cc5c(cc4OC)C(=O)N4CCCC[C@H]4C(OC4CCCCO4)N5C(=O)O)cn3C)cc2)cn1C. The van der Waals surface area contributed by atoms with Crippen molar-refractivity contribution in [2.75, 3.05) is 49.5 Å². The van der Waals surface area contributed by atoms with Crippen LogP contribution in [0.3, 0.4) is 0 Å². The highest BCUT2D eigenvalue weighted by molar-refractivity contribution is 6.06. The molecular weight excluding hydrogens is 777 g/mol. The molecule has 5 heterocycles. The first kappa shape index (κ1) is 41.8. The quantitative estimate of drug-likeness (QED) is 0.102. The van der Waals surface area contributed by atoms with Crippen molar-refractivity contribution in [1.82, 2.24) is 14.0 Å². The monoisotopic (exact) mass is 826 g/mol. The number of amides is 4. The van der Waals surface area contributed by atoms with E-state index in [9.17, 15) is 29.1 Å². The number of hydrogen-bond donors (Lipinski definition) is 3. The highest BCUT2D eigenvalue weighted by Crippen LogP contribution is 2.42. The maximum absolute atomic E-state index is 14.0. The van der Waals surface area contributed by atoms with Crippen LogP contribution < -0.4 is 25.0 Å². The van der Waals surface area contributed by atoms with Gasteiger partial charge < -0.3 is 53.5 Å². The Morgan fingerprint density at radius 1 is 0.850 bits per heavy atom. The molecule has 7 rings (SSSR count). The molecule has 4 aromatic rings. The molecule has 3 N–H and O–H groups in total. The standard InChI is InChI=1S/C43H50N6O11/c1-46-24-27(20-34(46)42(53)57-4)26-13-15-28(16-14-26)45-39(51)33-21-29(25-47(33)2)44-37(50)11-9-19-58-36-23-32-30(22-35(36)56-3)40(52)48-17-7-5-10-31(48)41(49(32)43(54)55)60-38-12-6-8-18-59-38/h13-16,20-25,31,38,41H,5-12,17-19H2,1-4H3,(H,44,50)(H,45,51)(H,54,55)/t31-,38?,41?/m0/s1. The smallest absolute Gasteiger partial charge is 0.414 e. The largest absolute Gasteiger partial charge is 0.493 e. The van der Waals surface area contributed by atoms with E-state index in [0.29, 0.717) is 48.8 Å². The first-order valence-corrected chi connectivity index (χ1v) is 20.0. The summed E-state index contributed by atoms with van der Waals surface area (Å²) < 4.78 is 32.0. The van der Waals surface area contributed by atoms with Crippen molar-refractivity contribution < 1.29 is 52.8 Å². The van der Waals surface area contributed by atoms with Crippen LogP contribution in [0, 0.1) is 0 Å². The molecule has 2 aromatic carbocycles. The van der Waals surface area contributed by atoms with Gasteiger partial charge in [0.2, 0.25) is 5.91 Å². The summed E-state index contributed by atoms with van der Waals surface area (Å²) in [4.78, 5) is 68.0. The van der Waals surface area contributed by atoms with Gasteiger partial charge >= 0.3 is 12.1 Å². The number of nitrogens with one attached hydrogen (secondary N) is 2. The van der Waals surface area contributed by atoms with Crippen LogP contribution >= 0.6 is 0 Å². The van der Waals surface area contributed by atoms with Gasteiger partial charge in [0.15, 0.2) is 24.0 Å². The number of carboxylic acid groups (broad SMARTS) is 1. The Labute approximate surface area is 347 Å². The molecule has 0 spiro atoms. The molecule has 60 heavy (non-hydrogen) atoms. The highest BCUT2D eigenvalue weighted by atomic mass is 16.7. The zero-order chi connectivity index (χ0) is 42.5. The summed E-state index contributed by atoms with van der Waals surface area (Å²) in [5, 5.41) is 16.3. The molecule has 0 radical (unpaired) electrons. The molecule has 2 unspecified atom stereocenters. The third kappa shape index (κ3) is 8.96. The molecule has 2 fully saturated rings. The third-order valence-corrected chi connectivity index (χ3v) is 11.0. The van der Waals surface area contributed by atoms with Crippen LogP contribution in [0.4, 0.5) is 21.9 Å². The molecule has 3 aliphatic heterocycles. The van der Waals surface area contributed by atoms with Gasteiger partial charge in [0.05, 0.1) is 43.8 Å². The maximum atomic E-state index is 14.0. The molecule has 3 aliphatic rings. The number of piperidine rings is 1. The van der Waals surface area contributed by atoms with E-state index in [1.165, 1.54) is 26.4 Å². The lowest BCUT2D eigenvalue weighted by atomic mass is 10.00. The molecule has 0 bridgehead atoms. The van der Waals surface area contributed by atoms with E-state index in [1.807, 2.05) is 18.3 Å². The number of nitrogens with zero attached hydrogens (tertiary/aromatic N) is 4. The van der Waals surface area contributed by atoms with Crippen LogP contribution in [0.15, 0.2) is 60.9 Å². The Hall–Kier alpha value is -6.33. The molecule has 3 atom stereocenters. The summed E-state index contributed by atoms with van der Waals surface area (Å²) in [6.07, 6.45) is 5.56. The van der Waals surface area contributed by atoms with Gasteiger partial charge in [-0.2, -0.15) is 0 Å². The number of anilines is 3. The second kappa shape index (κ2) is 18.3. The van der Waals surface area contributed by atoms with Crippen molar-refractivity contribution >= 4 is 46.8 Å². The highest BCUT2D eigenvalue weighted by Gasteiger charge is 2.46. The molecule has 17 nitrogen and oxygen atoms in total. The average molecular weight is 827 g/mol. The number of fused-ring (bicyclic) bond motifs is 2. The number of carbonyl (C=O) groups is 5. The van der Waals surface area contributed by atoms with Gasteiger partial charge in [-0.15, -0.1) is 0 Å². The number of aryl methyl sites for hydroxylation is 2. The van der Waals surface area contributed by atoms with E-state index in [1.54, 1.807) is 58.6 Å². The van der Waals surface area contributed by atoms with Crippen LogP contribution in [-0.2, 0) is 33.1 Å². The fourth-order valence-electron chi connectivity index (χ4n) is 7.97. The Balaban J connectivity index is 0.968. The maximum Gasteiger partial charge on any atom is 0.414 e. The third-order valence-electron chi connectivity index (χ3n) is 11.0. The van der Waals surface area contributed by atoms with Crippen molar-refractivity contribution in [3.63, 3.8) is 0 Å². The molecule has 0 aliphatic carbocycles. The van der Waals surface area contributed by atoms with E-state index >= 15 is 0 Å². The van der Waals surface area contributed by atoms with Gasteiger partial charge in [-0.25, -0.2) is 14.5 Å². The summed E-state index contributed by atoms with van der Waals surface area (Å²) in [5.41, 5.74) is 3.70. The fourth-order valence-corrected chi connectivity index (χ4v) is 7.97. The van der Waals surface area contributed by atoms with Crippen LogP contribution in [0.2, 0.25) is 0 Å². The summed E-state index contributed by atoms with van der Waals surface area (Å²) >= 11 is 0. The van der Waals surface area contributed by atoms with Gasteiger partial charge in [-0.1, -0.05) is 12.1 Å². The number of rotatable bonds is 13. The van der Waals surface area contributed by atoms with E-state index in [2.05, 4.69) is 10.6 Å². The van der Waals surface area contributed by atoms with Crippen molar-refractivity contribution in [1.29, 1.82) is 0 Å². The molecule has 0 saturated carbocycles. The first-order valence-electron chi connectivity index (χ1n) is 20.0. The van der Waals surface area contributed by atoms with Gasteiger partial charge in [-0.3, -0.25) is 14.4 Å².